The first-order valence-corrected chi connectivity index (χ1v) is 25.3. The first-order valence-electron chi connectivity index (χ1n) is 18.6. The maximum absolute atomic E-state index is 15.1. The number of Topliss-reactive ketones (excluding diaryl/α,β-unsaturated/α-hetero) is 1. The molecule has 0 amide bonds. The third-order valence-corrected chi connectivity index (χ3v) is 21.7. The molecular weight excluding hydrogens is 687 g/mol. The van der Waals surface area contributed by atoms with Crippen LogP contribution in [0.15, 0.2) is 41.3 Å². The quantitative estimate of drug-likeness (QED) is 0.216. The number of thiazole rings is 1. The molecule has 2 aromatic rings. The third kappa shape index (κ3) is 10.5. The zero-order chi connectivity index (χ0) is 38.9. The second-order valence-corrected chi connectivity index (χ2v) is 29.1. The molecule has 6 nitrogen and oxygen atoms in total. The van der Waals surface area contributed by atoms with Gasteiger partial charge in [-0.15, -0.1) is 11.3 Å². The Labute approximate surface area is 316 Å². The van der Waals surface area contributed by atoms with Crippen LogP contribution in [0.1, 0.15) is 124 Å². The van der Waals surface area contributed by atoms with Crippen molar-refractivity contribution in [2.45, 2.75) is 163 Å². The Morgan fingerprint density at radius 1 is 0.961 bits per heavy atom. The van der Waals surface area contributed by atoms with Crippen molar-refractivity contribution >= 4 is 51.4 Å². The molecule has 0 spiro atoms. The number of aromatic nitrogens is 1. The van der Waals surface area contributed by atoms with Gasteiger partial charge in [0.1, 0.15) is 11.9 Å². The fourth-order valence-corrected chi connectivity index (χ4v) is 9.60. The van der Waals surface area contributed by atoms with Crippen LogP contribution in [0.4, 0.5) is 0 Å². The molecule has 0 radical (unpaired) electrons. The molecule has 0 saturated carbocycles. The summed E-state index contributed by atoms with van der Waals surface area (Å²) in [6.07, 6.45) is 3.11. The smallest absolute Gasteiger partial charge is 0.309 e. The van der Waals surface area contributed by atoms with Crippen molar-refractivity contribution in [1.29, 1.82) is 0 Å². The lowest BCUT2D eigenvalue weighted by atomic mass is 9.72. The fourth-order valence-electron chi connectivity index (χ4n) is 6.14. The molecule has 1 aromatic carbocycles. The van der Waals surface area contributed by atoms with Crippen LogP contribution in [0.3, 0.4) is 0 Å². The van der Waals surface area contributed by atoms with Gasteiger partial charge in [-0.05, 0) is 85.4 Å². The average Bonchev–Trinajstić information content (AvgIpc) is 3.42. The summed E-state index contributed by atoms with van der Waals surface area (Å²) in [7, 11) is -4.73. The number of benzene rings is 1. The third-order valence-electron chi connectivity index (χ3n) is 12.0. The molecule has 1 aliphatic heterocycles. The topological polar surface area (TPSA) is 74.7 Å². The molecule has 2 heterocycles. The van der Waals surface area contributed by atoms with Crippen LogP contribution in [0.2, 0.25) is 36.3 Å². The van der Waals surface area contributed by atoms with Crippen molar-refractivity contribution in [2.24, 2.45) is 11.3 Å². The van der Waals surface area contributed by atoms with Gasteiger partial charge in [-0.2, -0.15) is 0 Å². The van der Waals surface area contributed by atoms with Crippen LogP contribution >= 0.6 is 11.3 Å². The second kappa shape index (κ2) is 16.1. The predicted molar refractivity (Wildman–Crippen MR) is 220 cm³/mol. The first-order chi connectivity index (χ1) is 23.2. The summed E-state index contributed by atoms with van der Waals surface area (Å²) in [6.45, 7) is 36.3. The molecule has 9 heteroatoms. The van der Waals surface area contributed by atoms with Crippen molar-refractivity contribution in [3.05, 3.63) is 63.1 Å². The number of fused-ring (bicyclic) bond motifs is 2. The SMILES string of the molecule is CC(=Cc1csc(C)n1)[C@@H]1C/C=C(/C)c2cccc(c2)[C@H](C)[C@H](O[Si](C)(C)C(C)(C)C)[C@@H](C)C(=O)C(C)(C)[C@@H](O[Si](C)(C)C(C)(C)C)CC(=O)O1. The second-order valence-electron chi connectivity index (χ2n) is 18.5. The number of esters is 1. The molecule has 1 aliphatic rings. The van der Waals surface area contributed by atoms with E-state index in [-0.39, 0.29) is 40.3 Å². The highest BCUT2D eigenvalue weighted by Gasteiger charge is 2.50. The standard InChI is InChI=1S/C42H67NO5SSi2/c1-27-21-22-35(28(2)23-34-26-49-31(5)43-34)46-37(44)25-36(47-50(14,15)40(6,7)8)42(12,13)39(45)30(4)38(48-51(16,17)41(9,10)11)29(3)33-20-18-19-32(27)24-33/h18-21,23-24,26,29-30,35-36,38H,22,25H2,1-17H3/b27-21-,28-23?/t29-,30+,35-,36-,38-/m0/s1. The number of hydrogen-bond acceptors (Lipinski definition) is 7. The lowest BCUT2D eigenvalue weighted by Crippen LogP contribution is -2.54. The van der Waals surface area contributed by atoms with Gasteiger partial charge in [-0.1, -0.05) is 99.6 Å². The van der Waals surface area contributed by atoms with E-state index >= 15 is 4.79 Å². The Morgan fingerprint density at radius 2 is 1.55 bits per heavy atom. The molecule has 284 valence electrons. The molecule has 0 saturated heterocycles. The van der Waals surface area contributed by atoms with E-state index < -0.39 is 40.2 Å². The van der Waals surface area contributed by atoms with Crippen LogP contribution in [0.5, 0.6) is 0 Å². The van der Waals surface area contributed by atoms with Crippen LogP contribution in [-0.2, 0) is 23.2 Å². The van der Waals surface area contributed by atoms with Crippen molar-refractivity contribution in [1.82, 2.24) is 4.98 Å². The summed E-state index contributed by atoms with van der Waals surface area (Å²) < 4.78 is 20.6. The minimum Gasteiger partial charge on any atom is -0.457 e. The number of ether oxygens (including phenoxy) is 1. The highest BCUT2D eigenvalue weighted by Crippen LogP contribution is 2.45. The van der Waals surface area contributed by atoms with Crippen molar-refractivity contribution < 1.29 is 23.2 Å². The van der Waals surface area contributed by atoms with E-state index in [0.717, 1.165) is 33.0 Å². The Kier molecular flexibility index (Phi) is 13.6. The molecule has 5 atom stereocenters. The minimum absolute atomic E-state index is 0.0252. The van der Waals surface area contributed by atoms with Gasteiger partial charge in [0, 0.05) is 29.1 Å². The number of rotatable bonds is 6. The molecule has 0 aliphatic carbocycles. The maximum atomic E-state index is 15.1. The summed E-state index contributed by atoms with van der Waals surface area (Å²) in [5.41, 5.74) is 4.10. The molecular formula is C42H67NO5SSi2. The van der Waals surface area contributed by atoms with E-state index in [9.17, 15) is 4.79 Å². The zero-order valence-electron chi connectivity index (χ0n) is 34.7. The Bertz CT molecular complexity index is 1610. The van der Waals surface area contributed by atoms with Gasteiger partial charge in [0.25, 0.3) is 0 Å². The van der Waals surface area contributed by atoms with E-state index in [0.29, 0.717) is 6.42 Å². The molecule has 2 bridgehead atoms. The molecule has 0 unspecified atom stereocenters. The predicted octanol–water partition coefficient (Wildman–Crippen LogP) is 11.8. The minimum atomic E-state index is -2.43. The van der Waals surface area contributed by atoms with Crippen LogP contribution in [-0.4, -0.2) is 51.7 Å². The number of allylic oxidation sites excluding steroid dienone is 1. The van der Waals surface area contributed by atoms with Crippen molar-refractivity contribution in [3.8, 4) is 0 Å². The normalized spacial score (nSPS) is 26.0. The van der Waals surface area contributed by atoms with E-state index in [1.54, 1.807) is 11.3 Å². The Balaban J connectivity index is 2.25. The molecule has 1 aromatic heterocycles. The molecule has 51 heavy (non-hydrogen) atoms. The number of hydrogen-bond donors (Lipinski definition) is 0. The number of carbonyl (C=O) groups is 2. The average molecular weight is 754 g/mol. The van der Waals surface area contributed by atoms with Gasteiger partial charge in [0.15, 0.2) is 16.6 Å². The van der Waals surface area contributed by atoms with Gasteiger partial charge in [-0.3, -0.25) is 9.59 Å². The molecule has 3 rings (SSSR count). The molecule has 0 N–H and O–H groups in total. The highest BCUT2D eigenvalue weighted by atomic mass is 32.1. The van der Waals surface area contributed by atoms with E-state index in [2.05, 4.69) is 117 Å². The summed E-state index contributed by atoms with van der Waals surface area (Å²) >= 11 is 1.59. The monoisotopic (exact) mass is 753 g/mol. The Morgan fingerprint density at radius 3 is 2.10 bits per heavy atom. The zero-order valence-corrected chi connectivity index (χ0v) is 37.6. The number of aryl methyl sites for hydroxylation is 1. The summed E-state index contributed by atoms with van der Waals surface area (Å²) in [5.74, 6) is -0.848. The van der Waals surface area contributed by atoms with Crippen LogP contribution in [0, 0.1) is 18.3 Å². The summed E-state index contributed by atoms with van der Waals surface area (Å²) in [4.78, 5) is 33.8. The number of nitrogens with zero attached hydrogens (tertiary/aromatic N) is 1. The molecule has 0 fully saturated rings. The van der Waals surface area contributed by atoms with E-state index in [4.69, 9.17) is 13.6 Å². The van der Waals surface area contributed by atoms with Gasteiger partial charge < -0.3 is 13.6 Å². The van der Waals surface area contributed by atoms with Crippen molar-refractivity contribution in [2.75, 3.05) is 0 Å². The lowest BCUT2D eigenvalue weighted by Gasteiger charge is -2.46. The van der Waals surface area contributed by atoms with Gasteiger partial charge >= 0.3 is 5.97 Å². The first kappa shape index (κ1) is 43.2. The summed E-state index contributed by atoms with van der Waals surface area (Å²) in [5, 5.41) is 2.84. The van der Waals surface area contributed by atoms with Gasteiger partial charge in [0.05, 0.1) is 29.3 Å². The van der Waals surface area contributed by atoms with E-state index in [1.165, 1.54) is 0 Å². The lowest BCUT2D eigenvalue weighted by molar-refractivity contribution is -0.153. The van der Waals surface area contributed by atoms with Crippen LogP contribution in [0.25, 0.3) is 11.6 Å². The maximum Gasteiger partial charge on any atom is 0.309 e. The summed E-state index contributed by atoms with van der Waals surface area (Å²) in [6, 6.07) is 8.61. The van der Waals surface area contributed by atoms with Crippen LogP contribution < -0.4 is 0 Å². The van der Waals surface area contributed by atoms with Gasteiger partial charge in [0.2, 0.25) is 0 Å². The van der Waals surface area contributed by atoms with Gasteiger partial charge in [-0.25, -0.2) is 4.98 Å². The highest BCUT2D eigenvalue weighted by molar-refractivity contribution is 7.09. The Hall–Kier alpha value is -2.18. The number of cyclic esters (lactones) is 1. The fraction of sp³-hybridized carbons (Fsp3) is 0.643. The van der Waals surface area contributed by atoms with Crippen molar-refractivity contribution in [3.63, 3.8) is 0 Å². The van der Waals surface area contributed by atoms with E-state index in [1.807, 2.05) is 46.1 Å². The number of carbonyl (C=O) groups excluding carboxylic acids is 2. The number of ketones is 1. The largest absolute Gasteiger partial charge is 0.457 e.